The van der Waals surface area contributed by atoms with Crippen LogP contribution in [0.3, 0.4) is 0 Å². The highest BCUT2D eigenvalue weighted by atomic mass is 16.4. The van der Waals surface area contributed by atoms with E-state index in [0.29, 0.717) is 22.9 Å². The van der Waals surface area contributed by atoms with Crippen molar-refractivity contribution in [3.63, 3.8) is 0 Å². The van der Waals surface area contributed by atoms with Crippen LogP contribution in [-0.2, 0) is 0 Å². The first-order valence-electron chi connectivity index (χ1n) is 15.0. The predicted octanol–water partition coefficient (Wildman–Crippen LogP) is 11.3. The van der Waals surface area contributed by atoms with Crippen LogP contribution in [0.25, 0.3) is 100 Å². The molecule has 216 valence electrons. The van der Waals surface area contributed by atoms with Gasteiger partial charge in [-0.25, -0.2) is 9.97 Å². The molecule has 6 aromatic carbocycles. The van der Waals surface area contributed by atoms with Gasteiger partial charge in [-0.15, -0.1) is 0 Å². The first-order valence-corrected chi connectivity index (χ1v) is 15.0. The van der Waals surface area contributed by atoms with Gasteiger partial charge in [0.05, 0.1) is 0 Å². The maximum Gasteiger partial charge on any atom is 0.227 e. The first-order chi connectivity index (χ1) is 22.7. The lowest BCUT2D eigenvalue weighted by Gasteiger charge is -1.96. The van der Waals surface area contributed by atoms with Crippen LogP contribution in [0.1, 0.15) is 0 Å². The predicted molar refractivity (Wildman–Crippen MR) is 180 cm³/mol. The summed E-state index contributed by atoms with van der Waals surface area (Å²) in [6, 6.07) is 44.4. The molecule has 4 heterocycles. The maximum atomic E-state index is 6.26. The second-order valence-corrected chi connectivity index (χ2v) is 11.5. The molecule has 0 bridgehead atoms. The standard InChI is InChI=1S/C40H22N2O4/c1-3-7-23(8-4-1)33-17-25-11-13-27(19-35(25)43-33)39-41-31-15-29-22-38-32(16-30(29)21-37(31)45-39)42-40(46-38)28-14-12-26-18-34(44-36(26)20-28)24-9-5-2-6-10-24/h1-22H. The number of nitrogens with zero attached hydrogens (tertiary/aromatic N) is 2. The highest BCUT2D eigenvalue weighted by molar-refractivity contribution is 6.01. The molecule has 0 radical (unpaired) electrons. The van der Waals surface area contributed by atoms with Crippen molar-refractivity contribution in [1.82, 2.24) is 9.97 Å². The highest BCUT2D eigenvalue weighted by Gasteiger charge is 2.16. The molecule has 0 atom stereocenters. The summed E-state index contributed by atoms with van der Waals surface area (Å²) < 4.78 is 24.9. The topological polar surface area (TPSA) is 78.3 Å². The molecule has 0 fully saturated rings. The molecule has 6 heteroatoms. The van der Waals surface area contributed by atoms with Gasteiger partial charge >= 0.3 is 0 Å². The summed E-state index contributed by atoms with van der Waals surface area (Å²) >= 11 is 0. The molecule has 46 heavy (non-hydrogen) atoms. The minimum atomic E-state index is 0.540. The lowest BCUT2D eigenvalue weighted by molar-refractivity contribution is 0.617. The molecule has 0 spiro atoms. The molecule has 0 unspecified atom stereocenters. The first kappa shape index (κ1) is 25.0. The number of hydrogen-bond acceptors (Lipinski definition) is 6. The molecule has 0 aliphatic carbocycles. The van der Waals surface area contributed by atoms with E-state index in [-0.39, 0.29) is 0 Å². The fourth-order valence-electron chi connectivity index (χ4n) is 6.16. The molecule has 4 aromatic heterocycles. The van der Waals surface area contributed by atoms with Crippen molar-refractivity contribution in [2.24, 2.45) is 0 Å². The van der Waals surface area contributed by atoms with E-state index in [1.165, 1.54) is 0 Å². The van der Waals surface area contributed by atoms with Crippen molar-refractivity contribution in [2.75, 3.05) is 0 Å². The molecule has 0 aliphatic heterocycles. The van der Waals surface area contributed by atoms with Crippen LogP contribution < -0.4 is 0 Å². The normalized spacial score (nSPS) is 11.9. The zero-order valence-corrected chi connectivity index (χ0v) is 24.2. The van der Waals surface area contributed by atoms with Crippen LogP contribution in [-0.4, -0.2) is 9.97 Å². The van der Waals surface area contributed by atoms with Gasteiger partial charge in [-0.3, -0.25) is 0 Å². The smallest absolute Gasteiger partial charge is 0.227 e. The second-order valence-electron chi connectivity index (χ2n) is 11.5. The van der Waals surface area contributed by atoms with E-state index in [2.05, 4.69) is 12.1 Å². The van der Waals surface area contributed by atoms with Gasteiger partial charge in [0, 0.05) is 33.0 Å². The summed E-state index contributed by atoms with van der Waals surface area (Å²) in [6.07, 6.45) is 0. The lowest BCUT2D eigenvalue weighted by atomic mass is 10.1. The van der Waals surface area contributed by atoms with Crippen molar-refractivity contribution < 1.29 is 17.7 Å². The SMILES string of the molecule is c1ccc(-c2cc3ccc(-c4nc5cc6cc7oc(-c8ccc9cc(-c%10ccccc%10)oc9c8)nc7cc6cc5o4)cc3o2)cc1. The lowest BCUT2D eigenvalue weighted by Crippen LogP contribution is -1.77. The van der Waals surface area contributed by atoms with E-state index in [1.807, 2.05) is 121 Å². The number of aromatic nitrogens is 2. The van der Waals surface area contributed by atoms with Crippen LogP contribution >= 0.6 is 0 Å². The van der Waals surface area contributed by atoms with Crippen molar-refractivity contribution in [3.05, 3.63) is 133 Å². The Morgan fingerprint density at radius 2 is 0.783 bits per heavy atom. The number of rotatable bonds is 4. The molecule has 0 saturated heterocycles. The summed E-state index contributed by atoms with van der Waals surface area (Å²) in [4.78, 5) is 9.65. The molecule has 6 nitrogen and oxygen atoms in total. The third-order valence-electron chi connectivity index (χ3n) is 8.50. The van der Waals surface area contributed by atoms with Gasteiger partial charge in [-0.1, -0.05) is 72.8 Å². The molecular weight excluding hydrogens is 572 g/mol. The van der Waals surface area contributed by atoms with Crippen molar-refractivity contribution in [3.8, 4) is 45.6 Å². The Bertz CT molecular complexity index is 2490. The number of oxazole rings is 2. The number of hydrogen-bond donors (Lipinski definition) is 0. The van der Waals surface area contributed by atoms with Crippen LogP contribution in [0, 0.1) is 0 Å². The molecule has 0 amide bonds. The minimum Gasteiger partial charge on any atom is -0.456 e. The Balaban J connectivity index is 0.995. The van der Waals surface area contributed by atoms with Gasteiger partial charge in [0.2, 0.25) is 11.8 Å². The summed E-state index contributed by atoms with van der Waals surface area (Å²) in [5.74, 6) is 2.74. The van der Waals surface area contributed by atoms with Gasteiger partial charge in [0.15, 0.2) is 11.2 Å². The largest absolute Gasteiger partial charge is 0.456 e. The van der Waals surface area contributed by atoms with Crippen LogP contribution in [0.2, 0.25) is 0 Å². The van der Waals surface area contributed by atoms with E-state index in [0.717, 1.165) is 77.5 Å². The van der Waals surface area contributed by atoms with Crippen LogP contribution in [0.4, 0.5) is 0 Å². The fraction of sp³-hybridized carbons (Fsp3) is 0. The minimum absolute atomic E-state index is 0.540. The van der Waals surface area contributed by atoms with Crippen LogP contribution in [0.15, 0.2) is 151 Å². The molecule has 10 rings (SSSR count). The average molecular weight is 595 g/mol. The Hall–Kier alpha value is -6.40. The molecule has 10 aromatic rings. The van der Waals surface area contributed by atoms with E-state index in [4.69, 9.17) is 27.6 Å². The van der Waals surface area contributed by atoms with Gasteiger partial charge in [-0.2, -0.15) is 0 Å². The van der Waals surface area contributed by atoms with Crippen molar-refractivity contribution >= 4 is 54.9 Å². The summed E-state index contributed by atoms with van der Waals surface area (Å²) in [5.41, 5.74) is 8.29. The summed E-state index contributed by atoms with van der Waals surface area (Å²) in [7, 11) is 0. The van der Waals surface area contributed by atoms with Gasteiger partial charge < -0.3 is 17.7 Å². The zero-order chi connectivity index (χ0) is 30.2. The van der Waals surface area contributed by atoms with Crippen molar-refractivity contribution in [2.45, 2.75) is 0 Å². The maximum absolute atomic E-state index is 6.26. The van der Waals surface area contributed by atoms with E-state index < -0.39 is 0 Å². The molecular formula is C40H22N2O4. The summed E-state index contributed by atoms with van der Waals surface area (Å²) in [5, 5.41) is 4.04. The molecule has 0 saturated carbocycles. The second kappa shape index (κ2) is 9.55. The Kier molecular flexibility index (Phi) is 5.19. The zero-order valence-electron chi connectivity index (χ0n) is 24.2. The highest BCUT2D eigenvalue weighted by Crippen LogP contribution is 2.36. The van der Waals surface area contributed by atoms with Crippen molar-refractivity contribution in [1.29, 1.82) is 0 Å². The molecule has 0 aliphatic rings. The Morgan fingerprint density at radius 3 is 1.24 bits per heavy atom. The third kappa shape index (κ3) is 4.04. The Labute approximate surface area is 261 Å². The number of furan rings is 2. The number of benzene rings is 6. The van der Waals surface area contributed by atoms with Crippen LogP contribution in [0.5, 0.6) is 0 Å². The van der Waals surface area contributed by atoms with E-state index >= 15 is 0 Å². The number of fused-ring (bicyclic) bond motifs is 5. The Morgan fingerprint density at radius 1 is 0.326 bits per heavy atom. The molecule has 0 N–H and O–H groups in total. The van der Waals surface area contributed by atoms with Gasteiger partial charge in [0.1, 0.15) is 33.7 Å². The average Bonchev–Trinajstić information content (AvgIpc) is 3.90. The third-order valence-corrected chi connectivity index (χ3v) is 8.50. The fourth-order valence-corrected chi connectivity index (χ4v) is 6.16. The van der Waals surface area contributed by atoms with Gasteiger partial charge in [0.25, 0.3) is 0 Å². The van der Waals surface area contributed by atoms with E-state index in [1.54, 1.807) is 0 Å². The monoisotopic (exact) mass is 594 g/mol. The van der Waals surface area contributed by atoms with E-state index in [9.17, 15) is 0 Å². The quantitative estimate of drug-likeness (QED) is 0.202. The summed E-state index contributed by atoms with van der Waals surface area (Å²) in [6.45, 7) is 0. The van der Waals surface area contributed by atoms with Gasteiger partial charge in [-0.05, 0) is 71.4 Å².